The van der Waals surface area contributed by atoms with Gasteiger partial charge < -0.3 is 50.2 Å². The first-order chi connectivity index (χ1) is 24.3. The van der Waals surface area contributed by atoms with E-state index in [1.807, 2.05) is 0 Å². The number of phenolic OH excluding ortho intramolecular Hbond substituents is 4. The first-order valence-electron chi connectivity index (χ1n) is 16.2. The minimum atomic E-state index is -2.56. The molecule has 7 N–H and O–H groups in total. The lowest BCUT2D eigenvalue weighted by atomic mass is 9.51. The highest BCUT2D eigenvalue weighted by atomic mass is 16.6. The predicted molar refractivity (Wildman–Crippen MR) is 181 cm³/mol. The molecule has 4 aliphatic rings. The summed E-state index contributed by atoms with van der Waals surface area (Å²) in [7, 11) is 1.62. The molecule has 51 heavy (non-hydrogen) atoms. The topological polar surface area (TPSA) is 212 Å². The van der Waals surface area contributed by atoms with Crippen molar-refractivity contribution in [3.05, 3.63) is 108 Å². The molecular weight excluding hydrogens is 662 g/mol. The van der Waals surface area contributed by atoms with E-state index < -0.39 is 76.6 Å². The monoisotopic (exact) mass is 699 g/mol. The molecular formula is C38H37NO12. The molecule has 3 aromatic carbocycles. The summed E-state index contributed by atoms with van der Waals surface area (Å²) in [5, 5.41) is 65.3. The Morgan fingerprint density at radius 3 is 2.02 bits per heavy atom. The van der Waals surface area contributed by atoms with E-state index in [1.165, 1.54) is 48.6 Å². The molecule has 0 unspecified atom stereocenters. The molecule has 266 valence electrons. The zero-order valence-corrected chi connectivity index (χ0v) is 27.4. The maximum absolute atomic E-state index is 13.9. The number of benzene rings is 3. The molecule has 2 fully saturated rings. The van der Waals surface area contributed by atoms with Crippen LogP contribution in [0.2, 0.25) is 0 Å². The minimum Gasteiger partial charge on any atom is -0.504 e. The summed E-state index contributed by atoms with van der Waals surface area (Å²) in [5.41, 5.74) is -5.02. The fraction of sp³-hybridized carbons (Fsp3) is 0.289. The summed E-state index contributed by atoms with van der Waals surface area (Å²) in [6.07, 6.45) is 5.80. The van der Waals surface area contributed by atoms with Gasteiger partial charge in [0.05, 0.1) is 12.6 Å². The Morgan fingerprint density at radius 1 is 0.882 bits per heavy atom. The van der Waals surface area contributed by atoms with Crippen LogP contribution in [0.25, 0.3) is 12.2 Å². The van der Waals surface area contributed by atoms with Gasteiger partial charge in [-0.15, -0.1) is 0 Å². The summed E-state index contributed by atoms with van der Waals surface area (Å²) < 4.78 is 18.9. The van der Waals surface area contributed by atoms with E-state index in [-0.39, 0.29) is 24.5 Å². The molecule has 3 aromatic rings. The third-order valence-electron chi connectivity index (χ3n) is 9.95. The van der Waals surface area contributed by atoms with E-state index in [0.717, 1.165) is 12.2 Å². The van der Waals surface area contributed by atoms with Crippen LogP contribution in [0.3, 0.4) is 0 Å². The Bertz CT molecular complexity index is 1920. The molecule has 2 bridgehead atoms. The average Bonchev–Trinajstić information content (AvgIpc) is 3.11. The third kappa shape index (κ3) is 6.31. The van der Waals surface area contributed by atoms with Crippen LogP contribution in [-0.4, -0.2) is 91.2 Å². The highest BCUT2D eigenvalue weighted by Gasteiger charge is 2.78. The smallest absolute Gasteiger partial charge is 0.336 e. The summed E-state index contributed by atoms with van der Waals surface area (Å²) in [6.45, 7) is 0.0773. The lowest BCUT2D eigenvalue weighted by molar-refractivity contribution is -0.321. The van der Waals surface area contributed by atoms with Crippen LogP contribution < -0.4 is 5.32 Å². The number of aliphatic carboxylic acids is 1. The number of likely N-dealkylation sites (N-methyl/N-ethyl adjacent to an activating group) is 1. The third-order valence-corrected chi connectivity index (χ3v) is 9.95. The number of aromatic hydroxyl groups is 4. The number of rotatable bonds is 10. The van der Waals surface area contributed by atoms with Crippen molar-refractivity contribution in [2.75, 3.05) is 13.7 Å². The Labute approximate surface area is 292 Å². The highest BCUT2D eigenvalue weighted by Crippen LogP contribution is 2.59. The van der Waals surface area contributed by atoms with Crippen molar-refractivity contribution in [3.63, 3.8) is 0 Å². The van der Waals surface area contributed by atoms with Crippen molar-refractivity contribution in [2.24, 2.45) is 11.8 Å². The normalized spacial score (nSPS) is 29.5. The summed E-state index contributed by atoms with van der Waals surface area (Å²) in [4.78, 5) is 40.7. The number of nitrogens with one attached hydrogen (secondary N) is 1. The second kappa shape index (κ2) is 13.6. The standard InChI is InChI=1S/C38H37NO12/c1-39-33-25-15-16-36(49-20-25)21-37(48,35(46)47)26(17-22-5-3-2-4-6-22)34(50-31(44)13-9-23-7-11-27(40)29(42)18-23)38(33,36)51-32(45)14-10-24-8-12-28(41)30(43)19-24/h2-16,18-19,25-26,33-34,39-43,48H,17,20-21H2,1H3,(H,46,47)/t25-,26-,33+,34-,36+,37-,38-/m1/s1. The predicted octanol–water partition coefficient (Wildman–Crippen LogP) is 3.05. The Balaban J connectivity index is 1.49. The fourth-order valence-corrected chi connectivity index (χ4v) is 7.57. The molecule has 0 aromatic heterocycles. The maximum atomic E-state index is 13.9. The molecule has 13 nitrogen and oxygen atoms in total. The summed E-state index contributed by atoms with van der Waals surface area (Å²) in [5.74, 6) is -6.88. The zero-order valence-electron chi connectivity index (χ0n) is 27.4. The first-order valence-corrected chi connectivity index (χ1v) is 16.2. The number of fused-ring (bicyclic) bond motifs is 1. The van der Waals surface area contributed by atoms with Crippen LogP contribution in [0.4, 0.5) is 0 Å². The summed E-state index contributed by atoms with van der Waals surface area (Å²) >= 11 is 0. The van der Waals surface area contributed by atoms with Crippen LogP contribution in [0.1, 0.15) is 23.1 Å². The molecule has 13 heteroatoms. The number of carbonyl (C=O) groups excluding carboxylic acids is 2. The van der Waals surface area contributed by atoms with E-state index in [4.69, 9.17) is 14.2 Å². The van der Waals surface area contributed by atoms with E-state index in [2.05, 4.69) is 5.32 Å². The van der Waals surface area contributed by atoms with Crippen LogP contribution >= 0.6 is 0 Å². The Hall–Kier alpha value is -5.63. The van der Waals surface area contributed by atoms with Gasteiger partial charge in [0.2, 0.25) is 0 Å². The molecule has 7 rings (SSSR count). The number of carboxylic acids is 1. The quantitative estimate of drug-likeness (QED) is 0.0703. The zero-order chi connectivity index (χ0) is 36.6. The van der Waals surface area contributed by atoms with Gasteiger partial charge in [0.1, 0.15) is 5.60 Å². The van der Waals surface area contributed by atoms with Gasteiger partial charge in [0, 0.05) is 30.4 Å². The first kappa shape index (κ1) is 35.2. The highest BCUT2D eigenvalue weighted by molar-refractivity contribution is 5.89. The molecule has 2 heterocycles. The molecule has 2 aliphatic heterocycles. The van der Waals surface area contributed by atoms with Gasteiger partial charge in [-0.3, -0.25) is 0 Å². The van der Waals surface area contributed by atoms with Crippen LogP contribution in [0, 0.1) is 11.8 Å². The van der Waals surface area contributed by atoms with Gasteiger partial charge in [-0.2, -0.15) is 0 Å². The largest absolute Gasteiger partial charge is 0.504 e. The lowest BCUT2D eigenvalue weighted by Gasteiger charge is -2.66. The number of carboxylic acid groups (broad SMARTS) is 1. The van der Waals surface area contributed by atoms with Crippen molar-refractivity contribution < 1.29 is 59.2 Å². The molecule has 0 amide bonds. The number of hydrogen-bond donors (Lipinski definition) is 7. The van der Waals surface area contributed by atoms with Crippen molar-refractivity contribution in [2.45, 2.75) is 41.8 Å². The molecule has 7 atom stereocenters. The van der Waals surface area contributed by atoms with Gasteiger partial charge in [0.25, 0.3) is 0 Å². The van der Waals surface area contributed by atoms with E-state index in [1.54, 1.807) is 49.5 Å². The van der Waals surface area contributed by atoms with Gasteiger partial charge >= 0.3 is 17.9 Å². The van der Waals surface area contributed by atoms with Crippen LogP contribution in [0.5, 0.6) is 23.0 Å². The van der Waals surface area contributed by atoms with Gasteiger partial charge in [0.15, 0.2) is 40.3 Å². The van der Waals surface area contributed by atoms with Crippen LogP contribution in [0.15, 0.2) is 91.0 Å². The number of phenols is 4. The van der Waals surface area contributed by atoms with Gasteiger partial charge in [-0.25, -0.2) is 14.4 Å². The van der Waals surface area contributed by atoms with Gasteiger partial charge in [-0.1, -0.05) is 54.6 Å². The number of aliphatic hydroxyl groups is 1. The van der Waals surface area contributed by atoms with Crippen molar-refractivity contribution in [1.29, 1.82) is 0 Å². The number of hydrogen-bond acceptors (Lipinski definition) is 12. The van der Waals surface area contributed by atoms with E-state index in [0.29, 0.717) is 16.7 Å². The van der Waals surface area contributed by atoms with E-state index >= 15 is 0 Å². The molecule has 1 saturated heterocycles. The lowest BCUT2D eigenvalue weighted by Crippen LogP contribution is -2.85. The van der Waals surface area contributed by atoms with Crippen molar-refractivity contribution in [1.82, 2.24) is 5.32 Å². The number of carbonyl (C=O) groups is 3. The van der Waals surface area contributed by atoms with Gasteiger partial charge in [-0.05, 0) is 66.6 Å². The molecule has 1 saturated carbocycles. The maximum Gasteiger partial charge on any atom is 0.336 e. The number of ether oxygens (including phenoxy) is 3. The fourth-order valence-electron chi connectivity index (χ4n) is 7.57. The van der Waals surface area contributed by atoms with Crippen LogP contribution in [-0.2, 0) is 35.0 Å². The molecule has 0 radical (unpaired) electrons. The SMILES string of the molecule is CN[C@H]1[C@@H]2C=C[C@@]3(C[C@](O)(C(=O)O)[C@H](Cc4ccccc4)[C@@H](OC(=O)C=Cc4ccc(O)c(O)c4)[C@]13OC(=O)C=Cc1ccc(O)c(O)c1)OC2. The minimum absolute atomic E-state index is 0.0773. The second-order valence-electron chi connectivity index (χ2n) is 12.9. The molecule has 1 spiro atoms. The average molecular weight is 700 g/mol. The van der Waals surface area contributed by atoms with Crippen molar-refractivity contribution in [3.8, 4) is 23.0 Å². The van der Waals surface area contributed by atoms with Crippen molar-refractivity contribution >= 4 is 30.1 Å². The summed E-state index contributed by atoms with van der Waals surface area (Å²) in [6, 6.07) is 15.7. The van der Waals surface area contributed by atoms with E-state index in [9.17, 15) is 45.0 Å². The second-order valence-corrected chi connectivity index (χ2v) is 12.9. The Morgan fingerprint density at radius 2 is 1.49 bits per heavy atom. The molecule has 2 aliphatic carbocycles. The Kier molecular flexibility index (Phi) is 9.38. The number of esters is 2.